The molecule has 2 nitrogen and oxygen atoms in total. The molecule has 0 aliphatic heterocycles. The summed E-state index contributed by atoms with van der Waals surface area (Å²) in [6.07, 6.45) is 3.92. The number of aryl methyl sites for hydroxylation is 1. The summed E-state index contributed by atoms with van der Waals surface area (Å²) in [6.45, 7) is 2.14. The fourth-order valence-corrected chi connectivity index (χ4v) is 1.01. The van der Waals surface area contributed by atoms with Crippen LogP contribution < -0.4 is 0 Å². The first-order chi connectivity index (χ1) is 4.83. The van der Waals surface area contributed by atoms with Crippen molar-refractivity contribution in [3.8, 4) is 0 Å². The van der Waals surface area contributed by atoms with Gasteiger partial charge in [-0.25, -0.2) is 4.98 Å². The molecule has 3 heteroatoms. The Bertz CT molecular complexity index is 254. The lowest BCUT2D eigenvalue weighted by molar-refractivity contribution is 0.867. The minimum absolute atomic E-state index is 0.575. The van der Waals surface area contributed by atoms with Crippen molar-refractivity contribution >= 4 is 12.2 Å². The van der Waals surface area contributed by atoms with Gasteiger partial charge in [-0.3, -0.25) is 0 Å². The Labute approximate surface area is 65.3 Å². The average molecular weight is 154 g/mol. The van der Waals surface area contributed by atoms with E-state index in [0.29, 0.717) is 4.77 Å². The second-order valence-corrected chi connectivity index (χ2v) is 2.54. The molecule has 1 heterocycles. The van der Waals surface area contributed by atoms with Crippen molar-refractivity contribution in [2.45, 2.75) is 19.8 Å². The second-order valence-electron chi connectivity index (χ2n) is 2.15. The van der Waals surface area contributed by atoms with Gasteiger partial charge in [0.1, 0.15) is 0 Å². The third-order valence-corrected chi connectivity index (χ3v) is 1.46. The molecule has 0 aliphatic rings. The third kappa shape index (κ3) is 1.92. The molecule has 0 saturated carbocycles. The molecule has 0 spiro atoms. The first kappa shape index (κ1) is 7.41. The number of hydrogen-bond donors (Lipinski definition) is 1. The van der Waals surface area contributed by atoms with Gasteiger partial charge in [0, 0.05) is 11.9 Å². The highest BCUT2D eigenvalue weighted by Gasteiger charge is 1.87. The van der Waals surface area contributed by atoms with Gasteiger partial charge in [0.25, 0.3) is 0 Å². The van der Waals surface area contributed by atoms with E-state index in [0.717, 1.165) is 12.8 Å². The first-order valence-electron chi connectivity index (χ1n) is 3.37. The van der Waals surface area contributed by atoms with Crippen LogP contribution in [0.2, 0.25) is 0 Å². The molecular formula is C7H10N2S. The minimum Gasteiger partial charge on any atom is -0.335 e. The van der Waals surface area contributed by atoms with Crippen LogP contribution in [0, 0.1) is 4.77 Å². The maximum absolute atomic E-state index is 4.85. The Morgan fingerprint density at radius 1 is 1.70 bits per heavy atom. The van der Waals surface area contributed by atoms with E-state index < -0.39 is 0 Å². The number of aromatic amines is 1. The van der Waals surface area contributed by atoms with Crippen LogP contribution >= 0.6 is 12.2 Å². The van der Waals surface area contributed by atoms with Gasteiger partial charge in [-0.15, -0.1) is 0 Å². The van der Waals surface area contributed by atoms with E-state index in [-0.39, 0.29) is 0 Å². The van der Waals surface area contributed by atoms with Crippen molar-refractivity contribution < 1.29 is 0 Å². The third-order valence-electron chi connectivity index (χ3n) is 1.25. The lowest BCUT2D eigenvalue weighted by Crippen LogP contribution is -1.89. The van der Waals surface area contributed by atoms with Crippen LogP contribution in [0.4, 0.5) is 0 Å². The van der Waals surface area contributed by atoms with Gasteiger partial charge in [-0.1, -0.05) is 13.3 Å². The molecular weight excluding hydrogens is 144 g/mol. The van der Waals surface area contributed by atoms with E-state index in [1.165, 1.54) is 5.69 Å². The summed E-state index contributed by atoms with van der Waals surface area (Å²) in [7, 11) is 0. The van der Waals surface area contributed by atoms with Crippen LogP contribution in [0.15, 0.2) is 12.3 Å². The van der Waals surface area contributed by atoms with E-state index in [4.69, 9.17) is 12.2 Å². The van der Waals surface area contributed by atoms with Crippen molar-refractivity contribution in [1.29, 1.82) is 0 Å². The summed E-state index contributed by atoms with van der Waals surface area (Å²) in [5.74, 6) is 0. The van der Waals surface area contributed by atoms with Gasteiger partial charge in [-0.2, -0.15) is 0 Å². The predicted molar refractivity (Wildman–Crippen MR) is 43.4 cm³/mol. The maximum atomic E-state index is 4.85. The average Bonchev–Trinajstić information content (AvgIpc) is 1.88. The Morgan fingerprint density at radius 3 is 3.10 bits per heavy atom. The van der Waals surface area contributed by atoms with Crippen molar-refractivity contribution in [2.75, 3.05) is 0 Å². The standard InChI is InChI=1S/C7H10N2S/c1-2-3-6-4-5-8-7(10)9-6/h4-5H,2-3H2,1H3,(H,8,9,10). The molecule has 10 heavy (non-hydrogen) atoms. The van der Waals surface area contributed by atoms with Gasteiger partial charge >= 0.3 is 0 Å². The van der Waals surface area contributed by atoms with E-state index >= 15 is 0 Å². The highest BCUT2D eigenvalue weighted by atomic mass is 32.1. The monoisotopic (exact) mass is 154 g/mol. The van der Waals surface area contributed by atoms with E-state index in [1.807, 2.05) is 6.07 Å². The highest BCUT2D eigenvalue weighted by molar-refractivity contribution is 7.71. The maximum Gasteiger partial charge on any atom is 0.196 e. The summed E-state index contributed by atoms with van der Waals surface area (Å²) >= 11 is 4.85. The van der Waals surface area contributed by atoms with Crippen LogP contribution in [-0.2, 0) is 6.42 Å². The molecule has 54 valence electrons. The summed E-state index contributed by atoms with van der Waals surface area (Å²) in [5.41, 5.74) is 1.17. The Morgan fingerprint density at radius 2 is 2.50 bits per heavy atom. The molecule has 0 saturated heterocycles. The number of rotatable bonds is 2. The van der Waals surface area contributed by atoms with Gasteiger partial charge in [0.05, 0.1) is 0 Å². The molecule has 0 unspecified atom stereocenters. The second kappa shape index (κ2) is 3.46. The summed E-state index contributed by atoms with van der Waals surface area (Å²) in [4.78, 5) is 6.89. The lowest BCUT2D eigenvalue weighted by Gasteiger charge is -1.95. The lowest BCUT2D eigenvalue weighted by atomic mass is 10.2. The van der Waals surface area contributed by atoms with Gasteiger partial charge < -0.3 is 4.98 Å². The quantitative estimate of drug-likeness (QED) is 0.661. The largest absolute Gasteiger partial charge is 0.335 e. The molecule has 0 radical (unpaired) electrons. The number of nitrogens with one attached hydrogen (secondary N) is 1. The smallest absolute Gasteiger partial charge is 0.196 e. The Kier molecular flexibility index (Phi) is 2.57. The van der Waals surface area contributed by atoms with Crippen molar-refractivity contribution in [2.24, 2.45) is 0 Å². The summed E-state index contributed by atoms with van der Waals surface area (Å²) in [6, 6.07) is 1.96. The van der Waals surface area contributed by atoms with Gasteiger partial charge in [0.15, 0.2) is 4.77 Å². The SMILES string of the molecule is CCCc1ccnc(=S)[nH]1. The molecule has 0 aliphatic carbocycles. The van der Waals surface area contributed by atoms with Crippen LogP contribution in [0.25, 0.3) is 0 Å². The minimum atomic E-state index is 0.575. The van der Waals surface area contributed by atoms with E-state index in [9.17, 15) is 0 Å². The zero-order valence-corrected chi connectivity index (χ0v) is 6.74. The van der Waals surface area contributed by atoms with Crippen molar-refractivity contribution in [3.05, 3.63) is 22.7 Å². The molecule has 0 atom stereocenters. The van der Waals surface area contributed by atoms with Crippen LogP contribution in [0.1, 0.15) is 19.0 Å². The number of nitrogens with zero attached hydrogens (tertiary/aromatic N) is 1. The topological polar surface area (TPSA) is 28.7 Å². The number of aromatic nitrogens is 2. The molecule has 0 fully saturated rings. The van der Waals surface area contributed by atoms with E-state index in [1.54, 1.807) is 6.20 Å². The molecule has 1 aromatic rings. The van der Waals surface area contributed by atoms with Crippen molar-refractivity contribution in [1.82, 2.24) is 9.97 Å². The van der Waals surface area contributed by atoms with Crippen LogP contribution in [0.5, 0.6) is 0 Å². The summed E-state index contributed by atoms with van der Waals surface area (Å²) in [5, 5.41) is 0. The molecule has 1 rings (SSSR count). The predicted octanol–water partition coefficient (Wildman–Crippen LogP) is 2.09. The molecule has 0 bridgehead atoms. The molecule has 1 aromatic heterocycles. The Hall–Kier alpha value is -0.700. The number of H-pyrrole nitrogens is 1. The fraction of sp³-hybridized carbons (Fsp3) is 0.429. The molecule has 1 N–H and O–H groups in total. The fourth-order valence-electron chi connectivity index (χ4n) is 0.821. The first-order valence-corrected chi connectivity index (χ1v) is 3.78. The van der Waals surface area contributed by atoms with Gasteiger partial charge in [0.2, 0.25) is 0 Å². The van der Waals surface area contributed by atoms with Crippen molar-refractivity contribution in [3.63, 3.8) is 0 Å². The number of hydrogen-bond acceptors (Lipinski definition) is 2. The van der Waals surface area contributed by atoms with Crippen LogP contribution in [-0.4, -0.2) is 9.97 Å². The summed E-state index contributed by atoms with van der Waals surface area (Å²) < 4.78 is 0.575. The zero-order valence-electron chi connectivity index (χ0n) is 5.92. The van der Waals surface area contributed by atoms with E-state index in [2.05, 4.69) is 16.9 Å². The van der Waals surface area contributed by atoms with Gasteiger partial charge in [-0.05, 0) is 24.7 Å². The zero-order chi connectivity index (χ0) is 7.40. The normalized spacial score (nSPS) is 9.70. The Balaban J connectivity index is 2.85. The molecule has 0 amide bonds. The molecule has 0 aromatic carbocycles. The van der Waals surface area contributed by atoms with Crippen LogP contribution in [0.3, 0.4) is 0 Å². The highest BCUT2D eigenvalue weighted by Crippen LogP contribution is 1.95.